The number of ether oxygens (including phenoxy) is 4. The van der Waals surface area contributed by atoms with E-state index in [0.29, 0.717) is 16.7 Å². The van der Waals surface area contributed by atoms with Gasteiger partial charge in [0.15, 0.2) is 71.3 Å². The van der Waals surface area contributed by atoms with Crippen LogP contribution in [0.5, 0.6) is 34.5 Å². The second kappa shape index (κ2) is 24.7. The van der Waals surface area contributed by atoms with Crippen molar-refractivity contribution in [2.45, 2.75) is 43.0 Å². The van der Waals surface area contributed by atoms with Crippen LogP contribution in [-0.2, 0) is 5.41 Å². The van der Waals surface area contributed by atoms with Crippen molar-refractivity contribution >= 4 is 0 Å². The molecule has 0 amide bonds. The Balaban J connectivity index is 0.795. The topological polar surface area (TPSA) is 36.9 Å². The number of aryl methyl sites for hydroxylation is 2. The number of hydrogen-bond acceptors (Lipinski definition) is 4. The molecular formula is C69H34F24O4. The zero-order valence-corrected chi connectivity index (χ0v) is 48.5. The maximum absolute atomic E-state index is 15.7. The Morgan fingerprint density at radius 2 is 0.536 bits per heavy atom. The summed E-state index contributed by atoms with van der Waals surface area (Å²) in [5.41, 5.74) is -3.04. The highest BCUT2D eigenvalue weighted by Gasteiger charge is 2.81. The highest BCUT2D eigenvalue weighted by molar-refractivity contribution is 5.86. The Labute approximate surface area is 530 Å². The van der Waals surface area contributed by atoms with E-state index in [0.717, 1.165) is 63.2 Å². The first-order valence-electron chi connectivity index (χ1n) is 27.7. The molecular weight excluding hydrogens is 1350 g/mol. The van der Waals surface area contributed by atoms with Crippen LogP contribution >= 0.6 is 0 Å². The molecule has 0 atom stereocenters. The van der Waals surface area contributed by atoms with Gasteiger partial charge in [0, 0.05) is 0 Å². The Kier molecular flexibility index (Phi) is 17.4. The fourth-order valence-corrected chi connectivity index (χ4v) is 11.0. The number of halogens is 24. The molecule has 0 fully saturated rings. The SMILES string of the molecule is Cc1ccc(Oc2c(F)c(F)c(-c3c(F)c(F)c(OCC(F)(F)C(F)(F)C(F)(F)C(F)(F)COc4c(F)c(F)c(-c5c(F)c(F)c(Oc6ccc(-c7ccc(C8(c9ccc(C)cc9)c9ccccc9-c9ccccc98)cc7)cc6)c(F)c5F)c(F)c4F)c(F)c3F)c(F)c2F)cc1. The van der Waals surface area contributed by atoms with Crippen LogP contribution in [-0.4, -0.2) is 36.9 Å². The predicted octanol–water partition coefficient (Wildman–Crippen LogP) is 21.5. The van der Waals surface area contributed by atoms with Crippen molar-refractivity contribution in [1.82, 2.24) is 0 Å². The molecule has 0 heterocycles. The molecule has 97 heavy (non-hydrogen) atoms. The molecule has 0 saturated carbocycles. The van der Waals surface area contributed by atoms with Gasteiger partial charge in [-0.25, -0.2) is 35.1 Å². The van der Waals surface area contributed by atoms with Gasteiger partial charge in [-0.05, 0) is 82.6 Å². The molecule has 0 radical (unpaired) electrons. The molecule has 4 nitrogen and oxygen atoms in total. The van der Waals surface area contributed by atoms with E-state index in [9.17, 15) is 35.1 Å². The van der Waals surface area contributed by atoms with Crippen LogP contribution in [0.1, 0.15) is 33.4 Å². The number of alkyl halides is 8. The maximum atomic E-state index is 15.7. The van der Waals surface area contributed by atoms with E-state index in [4.69, 9.17) is 9.47 Å². The van der Waals surface area contributed by atoms with Crippen LogP contribution in [0.25, 0.3) is 44.5 Å². The molecule has 11 rings (SSSR count). The quantitative estimate of drug-likeness (QED) is 0.0634. The molecule has 0 bridgehead atoms. The molecule has 1 aliphatic rings. The van der Waals surface area contributed by atoms with Crippen molar-refractivity contribution in [3.8, 4) is 79.0 Å². The number of fused-ring (bicyclic) bond motifs is 3. The van der Waals surface area contributed by atoms with Gasteiger partial charge in [0.05, 0.1) is 27.7 Å². The van der Waals surface area contributed by atoms with Gasteiger partial charge in [0.1, 0.15) is 11.5 Å². The third-order valence-corrected chi connectivity index (χ3v) is 15.9. The molecule has 0 spiro atoms. The molecule has 0 saturated heterocycles. The van der Waals surface area contributed by atoms with E-state index in [2.05, 4.69) is 9.47 Å². The standard InChI is InChI=1S/C69H34F24O4/c1-29-11-19-33(20-12-29)67(39-9-5-3-7-37(39)38-8-4-6-10-40(38)67)34-21-15-31(16-22-34)32-17-25-36(26-18-32)97-64-59(84)51(76)44(52(77)60(64)85)42-47(72)55(80)62(56(81)48(42)73)95-28-66(88,89)69(92,93)68(90,91)65(86,87)27-94-61-53(78)45(70)41(46(71)54(61)79)43-49(74)57(82)63(58(83)50(43)75)96-35-23-13-30(2)14-24-35/h3-26H,27-28H2,1-2H3. The van der Waals surface area contributed by atoms with E-state index < -0.39 is 192 Å². The molecule has 10 aromatic rings. The lowest BCUT2D eigenvalue weighted by atomic mass is 9.67. The third kappa shape index (κ3) is 10.9. The first-order chi connectivity index (χ1) is 45.6. The van der Waals surface area contributed by atoms with E-state index in [1.54, 1.807) is 12.1 Å². The predicted molar refractivity (Wildman–Crippen MR) is 299 cm³/mol. The second-order valence-corrected chi connectivity index (χ2v) is 21.8. The van der Waals surface area contributed by atoms with Gasteiger partial charge in [-0.2, -0.15) is 70.2 Å². The summed E-state index contributed by atoms with van der Waals surface area (Å²) in [6, 6.07) is 40.6. The van der Waals surface area contributed by atoms with Gasteiger partial charge in [0.2, 0.25) is 58.0 Å². The van der Waals surface area contributed by atoms with Crippen LogP contribution in [0.4, 0.5) is 105 Å². The summed E-state index contributed by atoms with van der Waals surface area (Å²) in [6.45, 7) is -4.03. The number of hydrogen-bond donors (Lipinski definition) is 0. The number of rotatable bonds is 18. The fourth-order valence-electron chi connectivity index (χ4n) is 11.0. The highest BCUT2D eigenvalue weighted by atomic mass is 19.4. The van der Waals surface area contributed by atoms with Crippen LogP contribution in [0.2, 0.25) is 0 Å². The first kappa shape index (κ1) is 68.1. The van der Waals surface area contributed by atoms with Crippen molar-refractivity contribution in [1.29, 1.82) is 0 Å². The van der Waals surface area contributed by atoms with Gasteiger partial charge < -0.3 is 18.9 Å². The van der Waals surface area contributed by atoms with Crippen molar-refractivity contribution < 1.29 is 124 Å². The Morgan fingerprint density at radius 3 is 0.845 bits per heavy atom. The van der Waals surface area contributed by atoms with Crippen LogP contribution < -0.4 is 18.9 Å². The summed E-state index contributed by atoms with van der Waals surface area (Å²) in [5, 5.41) is 0. The fraction of sp³-hybridized carbons (Fsp3) is 0.130. The summed E-state index contributed by atoms with van der Waals surface area (Å²) in [5.74, 6) is -88.5. The van der Waals surface area contributed by atoms with Crippen LogP contribution in [0.3, 0.4) is 0 Å². The van der Waals surface area contributed by atoms with Crippen molar-refractivity contribution in [2.75, 3.05) is 13.2 Å². The molecule has 0 aliphatic heterocycles. The molecule has 28 heteroatoms. The Bertz CT molecular complexity index is 4630. The second-order valence-electron chi connectivity index (χ2n) is 21.8. The highest BCUT2D eigenvalue weighted by Crippen LogP contribution is 2.57. The van der Waals surface area contributed by atoms with Gasteiger partial charge in [0.25, 0.3) is 0 Å². The molecule has 0 aromatic heterocycles. The third-order valence-electron chi connectivity index (χ3n) is 15.9. The summed E-state index contributed by atoms with van der Waals surface area (Å²) >= 11 is 0. The summed E-state index contributed by atoms with van der Waals surface area (Å²) in [6.07, 6.45) is 0. The lowest BCUT2D eigenvalue weighted by Crippen LogP contribution is -2.65. The number of benzene rings is 10. The monoisotopic (exact) mass is 1380 g/mol. The summed E-state index contributed by atoms with van der Waals surface area (Å²) in [4.78, 5) is 0. The normalized spacial score (nSPS) is 13.0. The van der Waals surface area contributed by atoms with E-state index >= 15 is 70.2 Å². The first-order valence-corrected chi connectivity index (χ1v) is 27.7. The minimum atomic E-state index is -7.73. The average molecular weight is 1380 g/mol. The zero-order valence-electron chi connectivity index (χ0n) is 48.5. The van der Waals surface area contributed by atoms with Gasteiger partial charge in [-0.1, -0.05) is 132 Å². The lowest BCUT2D eigenvalue weighted by molar-refractivity contribution is -0.372. The van der Waals surface area contributed by atoms with Crippen LogP contribution in [0, 0.1) is 107 Å². The van der Waals surface area contributed by atoms with Gasteiger partial charge >= 0.3 is 23.7 Å². The molecule has 502 valence electrons. The minimum absolute atomic E-state index is 0.443. The van der Waals surface area contributed by atoms with Crippen molar-refractivity contribution in [2.24, 2.45) is 0 Å². The van der Waals surface area contributed by atoms with Crippen LogP contribution in [0.15, 0.2) is 146 Å². The maximum Gasteiger partial charge on any atom is 0.381 e. The average Bonchev–Trinajstić information content (AvgIpc) is 1.48. The minimum Gasteiger partial charge on any atom is -0.481 e. The molecule has 1 aliphatic carbocycles. The van der Waals surface area contributed by atoms with E-state index in [1.165, 1.54) is 31.2 Å². The van der Waals surface area contributed by atoms with Crippen molar-refractivity contribution in [3.63, 3.8) is 0 Å². The largest absolute Gasteiger partial charge is 0.481 e. The lowest BCUT2D eigenvalue weighted by Gasteiger charge is -2.36. The smallest absolute Gasteiger partial charge is 0.381 e. The molecule has 0 unspecified atom stereocenters. The Morgan fingerprint density at radius 1 is 0.289 bits per heavy atom. The van der Waals surface area contributed by atoms with E-state index in [-0.39, 0.29) is 0 Å². The van der Waals surface area contributed by atoms with Crippen molar-refractivity contribution in [3.05, 3.63) is 272 Å². The van der Waals surface area contributed by atoms with Gasteiger partial charge in [-0.15, -0.1) is 0 Å². The zero-order chi connectivity index (χ0) is 70.5. The Hall–Kier alpha value is -10.3. The summed E-state index contributed by atoms with van der Waals surface area (Å²) < 4.78 is 382. The molecule has 0 N–H and O–H groups in total. The van der Waals surface area contributed by atoms with E-state index in [1.807, 2.05) is 91.9 Å². The molecule has 10 aromatic carbocycles. The van der Waals surface area contributed by atoms with Gasteiger partial charge in [-0.3, -0.25) is 0 Å². The summed E-state index contributed by atoms with van der Waals surface area (Å²) in [7, 11) is 0.